The van der Waals surface area contributed by atoms with Gasteiger partial charge in [0.2, 0.25) is 5.91 Å². The van der Waals surface area contributed by atoms with Gasteiger partial charge in [-0.15, -0.1) is 11.3 Å². The Kier molecular flexibility index (Phi) is 5.27. The number of aryl methyl sites for hydroxylation is 2. The van der Waals surface area contributed by atoms with Gasteiger partial charge in [-0.3, -0.25) is 9.20 Å². The van der Waals surface area contributed by atoms with Gasteiger partial charge in [-0.25, -0.2) is 4.98 Å². The van der Waals surface area contributed by atoms with Crippen molar-refractivity contribution in [1.29, 1.82) is 0 Å². The molecule has 1 atom stereocenters. The van der Waals surface area contributed by atoms with Gasteiger partial charge in [0, 0.05) is 30.2 Å². The number of hydrogen-bond acceptors (Lipinski definition) is 4. The molecule has 0 aliphatic heterocycles. The Morgan fingerprint density at radius 2 is 2.17 bits per heavy atom. The topological polar surface area (TPSA) is 66.6 Å². The number of benzene rings is 1. The SMILES string of the molecule is Cc1cn2c(CCC(=O)NCCC(O)c3ccccc3)csc2n1. The molecule has 5 nitrogen and oxygen atoms in total. The van der Waals surface area contributed by atoms with E-state index in [4.69, 9.17) is 0 Å². The molecule has 0 aliphatic carbocycles. The van der Waals surface area contributed by atoms with Crippen LogP contribution in [0, 0.1) is 6.92 Å². The molecule has 1 amide bonds. The van der Waals surface area contributed by atoms with Gasteiger partial charge >= 0.3 is 0 Å². The molecule has 0 fully saturated rings. The molecular formula is C18H21N3O2S. The van der Waals surface area contributed by atoms with E-state index in [2.05, 4.69) is 10.3 Å². The predicted molar refractivity (Wildman–Crippen MR) is 95.2 cm³/mol. The first-order chi connectivity index (χ1) is 11.6. The van der Waals surface area contributed by atoms with Crippen molar-refractivity contribution in [3.63, 3.8) is 0 Å². The Morgan fingerprint density at radius 3 is 2.96 bits per heavy atom. The third-order valence-electron chi connectivity index (χ3n) is 3.94. The Morgan fingerprint density at radius 1 is 1.38 bits per heavy atom. The van der Waals surface area contributed by atoms with Crippen LogP contribution in [0.1, 0.15) is 35.9 Å². The van der Waals surface area contributed by atoms with Crippen LogP contribution in [-0.2, 0) is 11.2 Å². The van der Waals surface area contributed by atoms with E-state index in [1.807, 2.05) is 53.2 Å². The molecule has 0 spiro atoms. The van der Waals surface area contributed by atoms with E-state index in [1.165, 1.54) is 0 Å². The van der Waals surface area contributed by atoms with Gasteiger partial charge in [-0.2, -0.15) is 0 Å². The van der Waals surface area contributed by atoms with Crippen LogP contribution >= 0.6 is 11.3 Å². The van der Waals surface area contributed by atoms with Crippen LogP contribution in [0.2, 0.25) is 0 Å². The summed E-state index contributed by atoms with van der Waals surface area (Å²) in [5.74, 6) is 0.00597. The maximum atomic E-state index is 12.0. The van der Waals surface area contributed by atoms with Gasteiger partial charge in [0.15, 0.2) is 4.96 Å². The van der Waals surface area contributed by atoms with Crippen LogP contribution in [0.3, 0.4) is 0 Å². The summed E-state index contributed by atoms with van der Waals surface area (Å²) in [6, 6.07) is 9.50. The van der Waals surface area contributed by atoms with Gasteiger partial charge in [0.1, 0.15) is 0 Å². The van der Waals surface area contributed by atoms with E-state index >= 15 is 0 Å². The molecule has 1 aromatic carbocycles. The van der Waals surface area contributed by atoms with Gasteiger partial charge in [0.05, 0.1) is 11.8 Å². The van der Waals surface area contributed by atoms with Crippen LogP contribution < -0.4 is 5.32 Å². The van der Waals surface area contributed by atoms with E-state index in [1.54, 1.807) is 11.3 Å². The zero-order chi connectivity index (χ0) is 16.9. The Hall–Kier alpha value is -2.18. The van der Waals surface area contributed by atoms with Crippen molar-refractivity contribution >= 4 is 22.2 Å². The molecule has 3 rings (SSSR count). The smallest absolute Gasteiger partial charge is 0.220 e. The summed E-state index contributed by atoms with van der Waals surface area (Å²) in [5.41, 5.74) is 2.97. The van der Waals surface area contributed by atoms with E-state index in [-0.39, 0.29) is 5.91 Å². The summed E-state index contributed by atoms with van der Waals surface area (Å²) in [7, 11) is 0. The second-order valence-corrected chi connectivity index (χ2v) is 6.66. The number of nitrogens with one attached hydrogen (secondary N) is 1. The molecule has 6 heteroatoms. The van der Waals surface area contributed by atoms with E-state index in [0.29, 0.717) is 25.8 Å². The normalized spacial score (nSPS) is 12.4. The van der Waals surface area contributed by atoms with Gasteiger partial charge in [-0.1, -0.05) is 30.3 Å². The zero-order valence-corrected chi connectivity index (χ0v) is 14.4. The van der Waals surface area contributed by atoms with Crippen molar-refractivity contribution < 1.29 is 9.90 Å². The monoisotopic (exact) mass is 343 g/mol. The minimum Gasteiger partial charge on any atom is -0.388 e. The standard InChI is InChI=1S/C18H21N3O2S/c1-13-11-21-15(12-24-18(21)20-13)7-8-17(23)19-10-9-16(22)14-5-3-2-4-6-14/h2-6,11-12,16,22H,7-10H2,1H3,(H,19,23). The molecule has 0 bridgehead atoms. The van der Waals surface area contributed by atoms with Crippen LogP contribution in [0.4, 0.5) is 0 Å². The molecule has 24 heavy (non-hydrogen) atoms. The number of thiazole rings is 1. The van der Waals surface area contributed by atoms with E-state index < -0.39 is 6.10 Å². The van der Waals surface area contributed by atoms with Gasteiger partial charge in [0.25, 0.3) is 0 Å². The van der Waals surface area contributed by atoms with Crippen molar-refractivity contribution in [1.82, 2.24) is 14.7 Å². The Labute approximate surface area is 145 Å². The number of rotatable bonds is 7. The highest BCUT2D eigenvalue weighted by Crippen LogP contribution is 2.18. The maximum absolute atomic E-state index is 12.0. The van der Waals surface area contributed by atoms with Crippen molar-refractivity contribution in [2.24, 2.45) is 0 Å². The quantitative estimate of drug-likeness (QED) is 0.693. The molecule has 0 aliphatic rings. The van der Waals surface area contributed by atoms with E-state index in [9.17, 15) is 9.90 Å². The molecule has 2 N–H and O–H groups in total. The minimum atomic E-state index is -0.545. The number of amides is 1. The number of aliphatic hydroxyl groups excluding tert-OH is 1. The largest absolute Gasteiger partial charge is 0.388 e. The molecule has 2 heterocycles. The van der Waals surface area contributed by atoms with E-state index in [0.717, 1.165) is 21.9 Å². The summed E-state index contributed by atoms with van der Waals surface area (Å²) in [6.45, 7) is 2.44. The molecule has 0 saturated carbocycles. The third kappa shape index (κ3) is 4.01. The highest BCUT2D eigenvalue weighted by atomic mass is 32.1. The number of nitrogens with zero attached hydrogens (tertiary/aromatic N) is 2. The minimum absolute atomic E-state index is 0.00597. The van der Waals surface area contributed by atoms with Crippen molar-refractivity contribution in [2.45, 2.75) is 32.3 Å². The van der Waals surface area contributed by atoms with Gasteiger partial charge < -0.3 is 10.4 Å². The number of carbonyl (C=O) groups is 1. The summed E-state index contributed by atoms with van der Waals surface area (Å²) in [4.78, 5) is 17.4. The molecule has 0 radical (unpaired) electrons. The van der Waals surface area contributed by atoms with Crippen molar-refractivity contribution in [3.8, 4) is 0 Å². The Bertz CT molecular complexity index is 810. The first-order valence-corrected chi connectivity index (χ1v) is 8.93. The molecular weight excluding hydrogens is 322 g/mol. The first kappa shape index (κ1) is 16.7. The lowest BCUT2D eigenvalue weighted by Gasteiger charge is -2.11. The average molecular weight is 343 g/mol. The van der Waals surface area contributed by atoms with Gasteiger partial charge in [-0.05, 0) is 25.3 Å². The first-order valence-electron chi connectivity index (χ1n) is 8.05. The fourth-order valence-corrected chi connectivity index (χ4v) is 3.59. The molecule has 126 valence electrons. The number of hydrogen-bond donors (Lipinski definition) is 2. The second kappa shape index (κ2) is 7.59. The lowest BCUT2D eigenvalue weighted by atomic mass is 10.1. The number of carbonyl (C=O) groups excluding carboxylic acids is 1. The van der Waals surface area contributed by atoms with Crippen LogP contribution in [0.15, 0.2) is 41.9 Å². The molecule has 3 aromatic rings. The summed E-state index contributed by atoms with van der Waals surface area (Å²) in [6.07, 6.45) is 3.08. The molecule has 0 saturated heterocycles. The highest BCUT2D eigenvalue weighted by molar-refractivity contribution is 7.15. The predicted octanol–water partition coefficient (Wildman–Crippen LogP) is 2.88. The van der Waals surface area contributed by atoms with Crippen LogP contribution in [0.5, 0.6) is 0 Å². The molecule has 2 aromatic heterocycles. The fraction of sp³-hybridized carbons (Fsp3) is 0.333. The zero-order valence-electron chi connectivity index (χ0n) is 13.6. The number of aliphatic hydroxyl groups is 1. The summed E-state index contributed by atoms with van der Waals surface area (Å²) >= 11 is 1.59. The molecule has 1 unspecified atom stereocenters. The third-order valence-corrected chi connectivity index (χ3v) is 4.83. The number of imidazole rings is 1. The maximum Gasteiger partial charge on any atom is 0.220 e. The lowest BCUT2D eigenvalue weighted by Crippen LogP contribution is -2.26. The Balaban J connectivity index is 1.43. The number of fused-ring (bicyclic) bond motifs is 1. The summed E-state index contributed by atoms with van der Waals surface area (Å²) < 4.78 is 2.05. The second-order valence-electron chi connectivity index (χ2n) is 5.83. The lowest BCUT2D eigenvalue weighted by molar-refractivity contribution is -0.121. The summed E-state index contributed by atoms with van der Waals surface area (Å²) in [5, 5.41) is 15.0. The van der Waals surface area contributed by atoms with Crippen molar-refractivity contribution in [3.05, 3.63) is 58.9 Å². The number of aromatic nitrogens is 2. The van der Waals surface area contributed by atoms with Crippen molar-refractivity contribution in [2.75, 3.05) is 6.54 Å². The van der Waals surface area contributed by atoms with Crippen LogP contribution in [0.25, 0.3) is 4.96 Å². The average Bonchev–Trinajstić information content (AvgIpc) is 3.13. The van der Waals surface area contributed by atoms with Crippen LogP contribution in [-0.4, -0.2) is 26.9 Å². The fourth-order valence-electron chi connectivity index (χ4n) is 2.64. The highest BCUT2D eigenvalue weighted by Gasteiger charge is 2.10.